The first-order valence-electron chi connectivity index (χ1n) is 8.17. The van der Waals surface area contributed by atoms with Gasteiger partial charge in [0.05, 0.1) is 12.2 Å². The van der Waals surface area contributed by atoms with Gasteiger partial charge in [0.15, 0.2) is 0 Å². The molecule has 0 spiro atoms. The molecule has 1 N–H and O–H groups in total. The third-order valence-electron chi connectivity index (χ3n) is 4.50. The number of aromatic nitrogens is 1. The molecule has 24 heavy (non-hydrogen) atoms. The van der Waals surface area contributed by atoms with E-state index in [2.05, 4.69) is 0 Å². The Kier molecular flexibility index (Phi) is 4.57. The van der Waals surface area contributed by atoms with Gasteiger partial charge in [-0.1, -0.05) is 18.2 Å². The van der Waals surface area contributed by atoms with Crippen LogP contribution in [0.4, 0.5) is 0 Å². The Labute approximate surface area is 140 Å². The molecule has 2 aromatic rings. The number of amides is 1. The molecule has 6 nitrogen and oxygen atoms in total. The minimum absolute atomic E-state index is 0.0321. The van der Waals surface area contributed by atoms with Crippen molar-refractivity contribution in [2.75, 3.05) is 13.7 Å². The number of carbonyl (C=O) groups is 2. The predicted octanol–water partition coefficient (Wildman–Crippen LogP) is 2.37. The Morgan fingerprint density at radius 1 is 1.38 bits per heavy atom. The maximum absolute atomic E-state index is 13.1. The van der Waals surface area contributed by atoms with Gasteiger partial charge in [-0.2, -0.15) is 0 Å². The van der Waals surface area contributed by atoms with Crippen LogP contribution in [-0.4, -0.2) is 52.3 Å². The minimum atomic E-state index is -0.974. The fraction of sp³-hybridized carbons (Fsp3) is 0.444. The number of fused-ring (bicyclic) bond motifs is 1. The summed E-state index contributed by atoms with van der Waals surface area (Å²) in [5.74, 6) is -1.18. The van der Waals surface area contributed by atoms with Crippen LogP contribution in [-0.2, 0) is 16.1 Å². The largest absolute Gasteiger partial charge is 0.480 e. The summed E-state index contributed by atoms with van der Waals surface area (Å²) >= 11 is 0. The molecule has 0 radical (unpaired) electrons. The van der Waals surface area contributed by atoms with Crippen molar-refractivity contribution in [2.24, 2.45) is 0 Å². The standard InChI is InChI=1S/C18H22N2O4/c1-12(18(22)23)20(13-7-8-13)17(21)15-11-19(9-10-24-2)16-6-4-3-5-14(15)16/h3-6,11-13H,7-10H2,1-2H3,(H,22,23). The highest BCUT2D eigenvalue weighted by atomic mass is 16.5. The molecule has 6 heteroatoms. The van der Waals surface area contributed by atoms with Crippen molar-refractivity contribution in [3.8, 4) is 0 Å². The molecule has 3 rings (SSSR count). The molecular weight excluding hydrogens is 308 g/mol. The first-order valence-corrected chi connectivity index (χ1v) is 8.17. The molecule has 1 aromatic carbocycles. The number of benzene rings is 1. The number of carbonyl (C=O) groups excluding carboxylic acids is 1. The van der Waals surface area contributed by atoms with Crippen molar-refractivity contribution in [1.29, 1.82) is 0 Å². The number of methoxy groups -OCH3 is 1. The van der Waals surface area contributed by atoms with E-state index in [0.29, 0.717) is 18.7 Å². The van der Waals surface area contributed by atoms with Gasteiger partial charge in [-0.05, 0) is 25.8 Å². The smallest absolute Gasteiger partial charge is 0.326 e. The Morgan fingerprint density at radius 3 is 2.71 bits per heavy atom. The van der Waals surface area contributed by atoms with Crippen molar-refractivity contribution in [3.05, 3.63) is 36.0 Å². The fourth-order valence-electron chi connectivity index (χ4n) is 3.06. The van der Waals surface area contributed by atoms with Gasteiger partial charge in [-0.25, -0.2) is 4.79 Å². The molecule has 1 saturated carbocycles. The lowest BCUT2D eigenvalue weighted by atomic mass is 10.1. The van der Waals surface area contributed by atoms with Gasteiger partial charge in [-0.3, -0.25) is 4.79 Å². The molecule has 1 amide bonds. The molecule has 1 aromatic heterocycles. The number of aliphatic carboxylic acids is 1. The average Bonchev–Trinajstić information content (AvgIpc) is 3.33. The lowest BCUT2D eigenvalue weighted by Crippen LogP contribution is -2.44. The summed E-state index contributed by atoms with van der Waals surface area (Å²) < 4.78 is 7.12. The van der Waals surface area contributed by atoms with Gasteiger partial charge in [0.2, 0.25) is 0 Å². The molecule has 1 unspecified atom stereocenters. The molecule has 128 valence electrons. The second-order valence-electron chi connectivity index (χ2n) is 6.20. The zero-order chi connectivity index (χ0) is 17.3. The number of hydrogen-bond acceptors (Lipinski definition) is 3. The Bertz CT molecular complexity index is 763. The highest BCUT2D eigenvalue weighted by Crippen LogP contribution is 2.32. The second-order valence-corrected chi connectivity index (χ2v) is 6.20. The molecule has 1 heterocycles. The van der Waals surface area contributed by atoms with E-state index in [1.165, 1.54) is 4.90 Å². The van der Waals surface area contributed by atoms with Crippen molar-refractivity contribution >= 4 is 22.8 Å². The molecule has 1 aliphatic carbocycles. The predicted molar refractivity (Wildman–Crippen MR) is 90.1 cm³/mol. The molecule has 0 saturated heterocycles. The van der Waals surface area contributed by atoms with Gasteiger partial charge in [0.25, 0.3) is 5.91 Å². The Morgan fingerprint density at radius 2 is 2.08 bits per heavy atom. The van der Waals surface area contributed by atoms with E-state index in [1.54, 1.807) is 14.0 Å². The van der Waals surface area contributed by atoms with E-state index in [-0.39, 0.29) is 11.9 Å². The van der Waals surface area contributed by atoms with Crippen LogP contribution in [0.15, 0.2) is 30.5 Å². The molecule has 0 bridgehead atoms. The van der Waals surface area contributed by atoms with E-state index < -0.39 is 12.0 Å². The van der Waals surface area contributed by atoms with Crippen molar-refractivity contribution in [2.45, 2.75) is 38.4 Å². The molecule has 1 fully saturated rings. The molecule has 1 aliphatic rings. The van der Waals surface area contributed by atoms with Crippen LogP contribution in [0.25, 0.3) is 10.9 Å². The maximum atomic E-state index is 13.1. The summed E-state index contributed by atoms with van der Waals surface area (Å²) in [5.41, 5.74) is 1.51. The van der Waals surface area contributed by atoms with Gasteiger partial charge in [0, 0.05) is 36.8 Å². The number of carboxylic acids is 1. The molecule has 1 atom stereocenters. The highest BCUT2D eigenvalue weighted by Gasteiger charge is 2.39. The zero-order valence-electron chi connectivity index (χ0n) is 13.9. The van der Waals surface area contributed by atoms with Crippen LogP contribution in [0.2, 0.25) is 0 Å². The van der Waals surface area contributed by atoms with E-state index in [9.17, 15) is 14.7 Å². The summed E-state index contributed by atoms with van der Waals surface area (Å²) in [6.07, 6.45) is 3.55. The summed E-state index contributed by atoms with van der Waals surface area (Å²) in [4.78, 5) is 26.0. The first kappa shape index (κ1) is 16.5. The lowest BCUT2D eigenvalue weighted by Gasteiger charge is -2.26. The van der Waals surface area contributed by atoms with Crippen LogP contribution in [0, 0.1) is 0 Å². The molecular formula is C18H22N2O4. The van der Waals surface area contributed by atoms with Gasteiger partial charge < -0.3 is 19.3 Å². The number of para-hydroxylation sites is 1. The summed E-state index contributed by atoms with van der Waals surface area (Å²) in [5, 5.41) is 10.2. The number of ether oxygens (including phenoxy) is 1. The summed E-state index contributed by atoms with van der Waals surface area (Å²) in [6.45, 7) is 2.76. The highest BCUT2D eigenvalue weighted by molar-refractivity contribution is 6.08. The van der Waals surface area contributed by atoms with Crippen LogP contribution in [0.5, 0.6) is 0 Å². The van der Waals surface area contributed by atoms with Crippen LogP contribution >= 0.6 is 0 Å². The minimum Gasteiger partial charge on any atom is -0.480 e. The van der Waals surface area contributed by atoms with E-state index in [4.69, 9.17) is 4.74 Å². The van der Waals surface area contributed by atoms with Crippen molar-refractivity contribution in [1.82, 2.24) is 9.47 Å². The number of carboxylic acid groups (broad SMARTS) is 1. The Hall–Kier alpha value is -2.34. The van der Waals surface area contributed by atoms with Crippen molar-refractivity contribution < 1.29 is 19.4 Å². The van der Waals surface area contributed by atoms with E-state index in [1.807, 2.05) is 35.0 Å². The maximum Gasteiger partial charge on any atom is 0.326 e. The average molecular weight is 330 g/mol. The summed E-state index contributed by atoms with van der Waals surface area (Å²) in [7, 11) is 1.64. The normalized spacial score (nSPS) is 15.4. The van der Waals surface area contributed by atoms with Gasteiger partial charge >= 0.3 is 5.97 Å². The third kappa shape index (κ3) is 3.01. The number of nitrogens with zero attached hydrogens (tertiary/aromatic N) is 2. The van der Waals surface area contributed by atoms with Gasteiger partial charge in [0.1, 0.15) is 6.04 Å². The number of hydrogen-bond donors (Lipinski definition) is 1. The van der Waals surface area contributed by atoms with E-state index in [0.717, 1.165) is 23.7 Å². The van der Waals surface area contributed by atoms with Gasteiger partial charge in [-0.15, -0.1) is 0 Å². The van der Waals surface area contributed by atoms with Crippen LogP contribution in [0.3, 0.4) is 0 Å². The quantitative estimate of drug-likeness (QED) is 0.846. The monoisotopic (exact) mass is 330 g/mol. The van der Waals surface area contributed by atoms with Crippen LogP contribution in [0.1, 0.15) is 30.1 Å². The topological polar surface area (TPSA) is 71.8 Å². The zero-order valence-corrected chi connectivity index (χ0v) is 13.9. The van der Waals surface area contributed by atoms with Crippen LogP contribution < -0.4 is 0 Å². The third-order valence-corrected chi connectivity index (χ3v) is 4.50. The van der Waals surface area contributed by atoms with Crippen molar-refractivity contribution in [3.63, 3.8) is 0 Å². The van der Waals surface area contributed by atoms with E-state index >= 15 is 0 Å². The number of rotatable bonds is 7. The second kappa shape index (κ2) is 6.65. The fourth-order valence-corrected chi connectivity index (χ4v) is 3.06. The Balaban J connectivity index is 2.01. The lowest BCUT2D eigenvalue weighted by molar-refractivity contribution is -0.141. The molecule has 0 aliphatic heterocycles. The summed E-state index contributed by atoms with van der Waals surface area (Å²) in [6, 6.07) is 6.89. The SMILES string of the molecule is COCCn1cc(C(=O)N(C2CC2)C(C)C(=O)O)c2ccccc21. The first-order chi connectivity index (χ1) is 11.5.